The van der Waals surface area contributed by atoms with Crippen LogP contribution in [0.5, 0.6) is 0 Å². The second kappa shape index (κ2) is 9.43. The number of likely N-dealkylation sites (N-methyl/N-ethyl adjacent to an activating group) is 1. The van der Waals surface area contributed by atoms with Crippen LogP contribution in [-0.4, -0.2) is 44.4 Å². The van der Waals surface area contributed by atoms with E-state index in [0.29, 0.717) is 17.7 Å². The van der Waals surface area contributed by atoms with Crippen molar-refractivity contribution in [2.45, 2.75) is 55.1 Å². The fourth-order valence-electron chi connectivity index (χ4n) is 3.42. The number of halogens is 6. The molecule has 6 nitrogen and oxygen atoms in total. The quantitative estimate of drug-likeness (QED) is 0.511. The highest BCUT2D eigenvalue weighted by molar-refractivity contribution is 7.89. The second-order valence-corrected chi connectivity index (χ2v) is 9.82. The van der Waals surface area contributed by atoms with Crippen LogP contribution >= 0.6 is 0 Å². The van der Waals surface area contributed by atoms with Gasteiger partial charge in [-0.3, -0.25) is 4.79 Å². The van der Waals surface area contributed by atoms with E-state index in [1.165, 1.54) is 24.3 Å². The number of rotatable bonds is 8. The number of alkyl halides is 6. The van der Waals surface area contributed by atoms with Crippen LogP contribution in [0.1, 0.15) is 30.9 Å². The van der Waals surface area contributed by atoms with Gasteiger partial charge in [-0.2, -0.15) is 26.3 Å². The van der Waals surface area contributed by atoms with Gasteiger partial charge in [-0.15, -0.1) is 0 Å². The summed E-state index contributed by atoms with van der Waals surface area (Å²) in [5.74, 6) is -0.520. The molecule has 0 saturated heterocycles. The third kappa shape index (κ3) is 5.62. The molecule has 0 atom stereocenters. The molecule has 0 aliphatic heterocycles. The minimum absolute atomic E-state index is 0.0285. The Labute approximate surface area is 197 Å². The number of aliphatic hydroxyl groups is 1. The number of amides is 1. The summed E-state index contributed by atoms with van der Waals surface area (Å²) >= 11 is 0. The molecule has 1 aliphatic carbocycles. The highest BCUT2D eigenvalue weighted by atomic mass is 32.2. The second-order valence-electron chi connectivity index (χ2n) is 8.11. The van der Waals surface area contributed by atoms with Crippen LogP contribution in [0.15, 0.2) is 53.4 Å². The lowest BCUT2D eigenvalue weighted by atomic mass is 9.92. The first-order valence-corrected chi connectivity index (χ1v) is 12.0. The standard InChI is InChI=1S/C22H22F6N2O4S/c1-2-30(17-9-5-15(6-10-17)20(32,21(23,24)25)22(26,27)28)19(31)13-14-3-11-18(12-4-14)35(33,34)29-16-7-8-16/h3-6,9-12,16,29,32H,2,7-8,13H2,1H3. The summed E-state index contributed by atoms with van der Waals surface area (Å²) in [4.78, 5) is 13.9. The zero-order valence-electron chi connectivity index (χ0n) is 18.3. The summed E-state index contributed by atoms with van der Waals surface area (Å²) in [5.41, 5.74) is -6.00. The molecule has 0 spiro atoms. The summed E-state index contributed by atoms with van der Waals surface area (Å²) < 4.78 is 105. The van der Waals surface area contributed by atoms with Crippen molar-refractivity contribution in [2.24, 2.45) is 0 Å². The molecule has 0 radical (unpaired) electrons. The molecular weight excluding hydrogens is 502 g/mol. The van der Waals surface area contributed by atoms with E-state index in [-0.39, 0.29) is 29.6 Å². The lowest BCUT2D eigenvalue weighted by molar-refractivity contribution is -0.376. The molecule has 1 aliphatic rings. The lowest BCUT2D eigenvalue weighted by Crippen LogP contribution is -2.53. The first kappa shape index (κ1) is 27.0. The first-order valence-electron chi connectivity index (χ1n) is 10.5. The predicted octanol–water partition coefficient (Wildman–Crippen LogP) is 4.04. The van der Waals surface area contributed by atoms with Crippen LogP contribution in [0.4, 0.5) is 32.0 Å². The Kier molecular flexibility index (Phi) is 7.26. The van der Waals surface area contributed by atoms with Crippen molar-refractivity contribution in [3.63, 3.8) is 0 Å². The number of sulfonamides is 1. The molecule has 2 N–H and O–H groups in total. The minimum atomic E-state index is -6.01. The average molecular weight is 524 g/mol. The van der Waals surface area contributed by atoms with Gasteiger partial charge in [-0.25, -0.2) is 13.1 Å². The number of hydrogen-bond acceptors (Lipinski definition) is 4. The average Bonchev–Trinajstić information content (AvgIpc) is 3.56. The third-order valence-corrected chi connectivity index (χ3v) is 7.06. The van der Waals surface area contributed by atoms with Crippen molar-refractivity contribution in [1.29, 1.82) is 0 Å². The number of hydrogen-bond donors (Lipinski definition) is 2. The molecule has 0 aromatic heterocycles. The molecule has 3 rings (SSSR count). The summed E-state index contributed by atoms with van der Waals surface area (Å²) in [6, 6.07) is 8.22. The SMILES string of the molecule is CCN(C(=O)Cc1ccc(S(=O)(=O)NC2CC2)cc1)c1ccc(C(O)(C(F)(F)F)C(F)(F)F)cc1. The fraction of sp³-hybridized carbons (Fsp3) is 0.409. The maximum absolute atomic E-state index is 13.1. The number of carbonyl (C=O) groups is 1. The molecule has 2 aromatic carbocycles. The zero-order chi connectivity index (χ0) is 26.2. The minimum Gasteiger partial charge on any atom is -0.369 e. The normalized spacial score (nSPS) is 15.2. The molecule has 192 valence electrons. The Morgan fingerprint density at radius 2 is 1.49 bits per heavy atom. The van der Waals surface area contributed by atoms with Crippen molar-refractivity contribution < 1.29 is 44.7 Å². The van der Waals surface area contributed by atoms with Gasteiger partial charge in [0.05, 0.1) is 11.3 Å². The Morgan fingerprint density at radius 1 is 0.971 bits per heavy atom. The summed E-state index contributed by atoms with van der Waals surface area (Å²) in [6.45, 7) is 1.62. The Bertz CT molecular complexity index is 1140. The van der Waals surface area contributed by atoms with E-state index in [1.54, 1.807) is 6.92 Å². The van der Waals surface area contributed by atoms with Crippen LogP contribution in [0, 0.1) is 0 Å². The lowest BCUT2D eigenvalue weighted by Gasteiger charge is -2.33. The van der Waals surface area contributed by atoms with Crippen LogP contribution in [0.25, 0.3) is 0 Å². The monoisotopic (exact) mass is 524 g/mol. The van der Waals surface area contributed by atoms with Gasteiger partial charge < -0.3 is 10.0 Å². The number of nitrogens with zero attached hydrogens (tertiary/aromatic N) is 1. The number of benzene rings is 2. The molecule has 1 amide bonds. The third-order valence-electron chi connectivity index (χ3n) is 5.52. The van der Waals surface area contributed by atoms with Crippen molar-refractivity contribution >= 4 is 21.6 Å². The van der Waals surface area contributed by atoms with Gasteiger partial charge in [-0.05, 0) is 49.6 Å². The fourth-order valence-corrected chi connectivity index (χ4v) is 4.72. The van der Waals surface area contributed by atoms with Crippen molar-refractivity contribution in [3.8, 4) is 0 Å². The van der Waals surface area contributed by atoms with E-state index in [4.69, 9.17) is 0 Å². The number of anilines is 1. The van der Waals surface area contributed by atoms with Crippen LogP contribution in [0.3, 0.4) is 0 Å². The number of carbonyl (C=O) groups excluding carboxylic acids is 1. The summed E-state index contributed by atoms with van der Waals surface area (Å²) in [7, 11) is -3.67. The van der Waals surface area contributed by atoms with E-state index in [9.17, 15) is 44.7 Å². The van der Waals surface area contributed by atoms with E-state index in [0.717, 1.165) is 29.9 Å². The molecule has 1 saturated carbocycles. The van der Waals surface area contributed by atoms with Crippen molar-refractivity contribution in [3.05, 3.63) is 59.7 Å². The van der Waals surface area contributed by atoms with Crippen molar-refractivity contribution in [2.75, 3.05) is 11.4 Å². The predicted molar refractivity (Wildman–Crippen MR) is 114 cm³/mol. The molecule has 13 heteroatoms. The molecule has 2 aromatic rings. The van der Waals surface area contributed by atoms with E-state index in [2.05, 4.69) is 4.72 Å². The number of nitrogens with one attached hydrogen (secondary N) is 1. The van der Waals surface area contributed by atoms with E-state index >= 15 is 0 Å². The maximum atomic E-state index is 13.1. The Morgan fingerprint density at radius 3 is 1.91 bits per heavy atom. The Balaban J connectivity index is 1.77. The van der Waals surface area contributed by atoms with Gasteiger partial charge in [0.2, 0.25) is 15.9 Å². The highest BCUT2D eigenvalue weighted by Crippen LogP contribution is 2.50. The van der Waals surface area contributed by atoms with E-state index in [1.807, 2.05) is 0 Å². The highest BCUT2D eigenvalue weighted by Gasteiger charge is 2.71. The Hall–Kier alpha value is -2.64. The van der Waals surface area contributed by atoms with Crippen LogP contribution in [-0.2, 0) is 26.8 Å². The molecule has 0 unspecified atom stereocenters. The molecular formula is C22H22F6N2O4S. The van der Waals surface area contributed by atoms with Crippen LogP contribution in [0.2, 0.25) is 0 Å². The zero-order valence-corrected chi connectivity index (χ0v) is 19.1. The molecule has 1 fully saturated rings. The van der Waals surface area contributed by atoms with Crippen LogP contribution < -0.4 is 9.62 Å². The van der Waals surface area contributed by atoms with E-state index < -0.39 is 39.4 Å². The smallest absolute Gasteiger partial charge is 0.369 e. The summed E-state index contributed by atoms with van der Waals surface area (Å²) in [6.07, 6.45) is -10.7. The van der Waals surface area contributed by atoms with Crippen molar-refractivity contribution in [1.82, 2.24) is 4.72 Å². The first-order chi connectivity index (χ1) is 16.1. The van der Waals surface area contributed by atoms with Gasteiger partial charge in [-0.1, -0.05) is 24.3 Å². The van der Waals surface area contributed by atoms with Gasteiger partial charge in [0, 0.05) is 23.8 Å². The van der Waals surface area contributed by atoms with Gasteiger partial charge in [0.15, 0.2) is 0 Å². The molecule has 0 heterocycles. The molecule has 0 bridgehead atoms. The van der Waals surface area contributed by atoms with Gasteiger partial charge in [0.25, 0.3) is 5.60 Å². The maximum Gasteiger partial charge on any atom is 0.430 e. The largest absolute Gasteiger partial charge is 0.430 e. The van der Waals surface area contributed by atoms with Gasteiger partial charge in [0.1, 0.15) is 0 Å². The topological polar surface area (TPSA) is 86.7 Å². The summed E-state index contributed by atoms with van der Waals surface area (Å²) in [5, 5.41) is 9.50. The van der Waals surface area contributed by atoms with Gasteiger partial charge >= 0.3 is 12.4 Å². The molecule has 35 heavy (non-hydrogen) atoms.